The molecule has 5 nitrogen and oxygen atoms in total. The average Bonchev–Trinajstić information content (AvgIpc) is 3.12. The minimum Gasteiger partial charge on any atom is -0.436 e. The van der Waals surface area contributed by atoms with Gasteiger partial charge in [-0.1, -0.05) is 12.1 Å². The van der Waals surface area contributed by atoms with E-state index >= 15 is 0 Å². The molecule has 0 radical (unpaired) electrons. The number of rotatable bonds is 4. The SMILES string of the molecule is CSc1ncccc1C(=O)Nc1ccc(-c2nc3ccccc3o2)cc1. The Hall–Kier alpha value is -3.12. The first kappa shape index (κ1) is 16.4. The molecule has 0 spiro atoms. The fourth-order valence-electron chi connectivity index (χ4n) is 2.62. The molecule has 26 heavy (non-hydrogen) atoms. The quantitative estimate of drug-likeness (QED) is 0.526. The molecular formula is C20H15N3O2S. The van der Waals surface area contributed by atoms with Crippen LogP contribution in [0.1, 0.15) is 10.4 Å². The summed E-state index contributed by atoms with van der Waals surface area (Å²) in [5.74, 6) is 0.373. The lowest BCUT2D eigenvalue weighted by molar-refractivity contribution is 0.102. The molecule has 0 aliphatic rings. The predicted molar refractivity (Wildman–Crippen MR) is 103 cm³/mol. The maximum atomic E-state index is 12.5. The van der Waals surface area contributed by atoms with E-state index in [1.165, 1.54) is 11.8 Å². The minimum absolute atomic E-state index is 0.183. The van der Waals surface area contributed by atoms with Gasteiger partial charge in [0.05, 0.1) is 5.56 Å². The van der Waals surface area contributed by atoms with Gasteiger partial charge in [0, 0.05) is 17.4 Å². The summed E-state index contributed by atoms with van der Waals surface area (Å²) < 4.78 is 5.77. The topological polar surface area (TPSA) is 68.0 Å². The van der Waals surface area contributed by atoms with Gasteiger partial charge in [0.15, 0.2) is 5.58 Å². The summed E-state index contributed by atoms with van der Waals surface area (Å²) in [6.07, 6.45) is 3.58. The maximum absolute atomic E-state index is 12.5. The highest BCUT2D eigenvalue weighted by atomic mass is 32.2. The fraction of sp³-hybridized carbons (Fsp3) is 0.0500. The van der Waals surface area contributed by atoms with Crippen LogP contribution in [-0.4, -0.2) is 22.1 Å². The number of aromatic nitrogens is 2. The van der Waals surface area contributed by atoms with Gasteiger partial charge in [-0.2, -0.15) is 0 Å². The van der Waals surface area contributed by atoms with Gasteiger partial charge < -0.3 is 9.73 Å². The lowest BCUT2D eigenvalue weighted by atomic mass is 10.2. The molecule has 0 saturated heterocycles. The Kier molecular flexibility index (Phi) is 4.41. The zero-order valence-electron chi connectivity index (χ0n) is 14.0. The number of pyridine rings is 1. The van der Waals surface area contributed by atoms with E-state index in [2.05, 4.69) is 15.3 Å². The van der Waals surface area contributed by atoms with Crippen LogP contribution >= 0.6 is 11.8 Å². The normalized spacial score (nSPS) is 10.8. The Morgan fingerprint density at radius 3 is 2.62 bits per heavy atom. The van der Waals surface area contributed by atoms with E-state index in [-0.39, 0.29) is 5.91 Å². The van der Waals surface area contributed by atoms with Crippen molar-refractivity contribution >= 4 is 34.5 Å². The molecule has 0 saturated carbocycles. The van der Waals surface area contributed by atoms with Crippen LogP contribution in [0.15, 0.2) is 76.3 Å². The van der Waals surface area contributed by atoms with Crippen molar-refractivity contribution in [3.8, 4) is 11.5 Å². The molecule has 2 aromatic carbocycles. The number of para-hydroxylation sites is 2. The van der Waals surface area contributed by atoms with Crippen LogP contribution < -0.4 is 5.32 Å². The molecule has 0 fully saturated rings. The number of carbonyl (C=O) groups is 1. The fourth-order valence-corrected chi connectivity index (χ4v) is 3.16. The van der Waals surface area contributed by atoms with Crippen molar-refractivity contribution in [2.45, 2.75) is 5.03 Å². The average molecular weight is 361 g/mol. The number of fused-ring (bicyclic) bond motifs is 1. The van der Waals surface area contributed by atoms with E-state index in [1.54, 1.807) is 18.3 Å². The number of thioether (sulfide) groups is 1. The van der Waals surface area contributed by atoms with E-state index in [9.17, 15) is 4.79 Å². The zero-order chi connectivity index (χ0) is 17.9. The third kappa shape index (κ3) is 3.19. The van der Waals surface area contributed by atoms with Gasteiger partial charge in [-0.25, -0.2) is 9.97 Å². The van der Waals surface area contributed by atoms with Crippen LogP contribution in [0.2, 0.25) is 0 Å². The standard InChI is InChI=1S/C20H15N3O2S/c1-26-20-15(5-4-12-21-20)18(24)22-14-10-8-13(9-11-14)19-23-16-6-2-3-7-17(16)25-19/h2-12H,1H3,(H,22,24). The van der Waals surface area contributed by atoms with E-state index < -0.39 is 0 Å². The van der Waals surface area contributed by atoms with Crippen LogP contribution in [0.25, 0.3) is 22.6 Å². The van der Waals surface area contributed by atoms with Crippen LogP contribution in [0, 0.1) is 0 Å². The smallest absolute Gasteiger partial charge is 0.258 e. The second kappa shape index (κ2) is 7.01. The molecule has 2 aromatic heterocycles. The third-order valence-corrected chi connectivity index (χ3v) is 4.60. The van der Waals surface area contributed by atoms with Crippen LogP contribution in [-0.2, 0) is 0 Å². The maximum Gasteiger partial charge on any atom is 0.258 e. The van der Waals surface area contributed by atoms with E-state index in [0.29, 0.717) is 22.2 Å². The molecule has 6 heteroatoms. The molecule has 4 rings (SSSR count). The highest BCUT2D eigenvalue weighted by molar-refractivity contribution is 7.98. The molecule has 0 aliphatic heterocycles. The lowest BCUT2D eigenvalue weighted by Crippen LogP contribution is -2.13. The molecule has 1 N–H and O–H groups in total. The highest BCUT2D eigenvalue weighted by Gasteiger charge is 2.12. The van der Waals surface area contributed by atoms with Gasteiger partial charge in [0.25, 0.3) is 5.91 Å². The Labute approximate surface area is 154 Å². The number of oxazole rings is 1. The Bertz CT molecular complexity index is 1040. The van der Waals surface area contributed by atoms with Gasteiger partial charge in [0.1, 0.15) is 10.5 Å². The molecule has 1 amide bonds. The van der Waals surface area contributed by atoms with Crippen molar-refractivity contribution < 1.29 is 9.21 Å². The summed E-state index contributed by atoms with van der Waals surface area (Å²) >= 11 is 1.44. The first-order chi connectivity index (χ1) is 12.7. The van der Waals surface area contributed by atoms with Gasteiger partial charge >= 0.3 is 0 Å². The monoisotopic (exact) mass is 361 g/mol. The van der Waals surface area contributed by atoms with Crippen molar-refractivity contribution in [3.63, 3.8) is 0 Å². The summed E-state index contributed by atoms with van der Waals surface area (Å²) in [5.41, 5.74) is 3.68. The zero-order valence-corrected chi connectivity index (χ0v) is 14.8. The number of carbonyl (C=O) groups excluding carboxylic acids is 1. The number of benzene rings is 2. The van der Waals surface area contributed by atoms with Crippen LogP contribution in [0.3, 0.4) is 0 Å². The Morgan fingerprint density at radius 1 is 1.04 bits per heavy atom. The van der Waals surface area contributed by atoms with E-state index in [4.69, 9.17) is 4.42 Å². The Balaban J connectivity index is 1.55. The van der Waals surface area contributed by atoms with Gasteiger partial charge in [-0.15, -0.1) is 11.8 Å². The van der Waals surface area contributed by atoms with Crippen molar-refractivity contribution in [2.75, 3.05) is 11.6 Å². The molecule has 128 valence electrons. The largest absolute Gasteiger partial charge is 0.436 e. The predicted octanol–water partition coefficient (Wildman–Crippen LogP) is 4.86. The third-order valence-electron chi connectivity index (χ3n) is 3.89. The molecule has 2 heterocycles. The number of hydrogen-bond acceptors (Lipinski definition) is 5. The second-order valence-electron chi connectivity index (χ2n) is 5.58. The second-order valence-corrected chi connectivity index (χ2v) is 6.37. The lowest BCUT2D eigenvalue weighted by Gasteiger charge is -2.08. The van der Waals surface area contributed by atoms with Gasteiger partial charge in [0.2, 0.25) is 5.89 Å². The molecule has 4 aromatic rings. The number of nitrogens with one attached hydrogen (secondary N) is 1. The van der Waals surface area contributed by atoms with E-state index in [0.717, 1.165) is 16.7 Å². The molecule has 0 atom stereocenters. The first-order valence-corrected chi connectivity index (χ1v) is 9.23. The molecule has 0 bridgehead atoms. The van der Waals surface area contributed by atoms with Crippen LogP contribution in [0.5, 0.6) is 0 Å². The van der Waals surface area contributed by atoms with Crippen molar-refractivity contribution in [3.05, 3.63) is 72.4 Å². The first-order valence-electron chi connectivity index (χ1n) is 8.01. The summed E-state index contributed by atoms with van der Waals surface area (Å²) in [7, 11) is 0. The van der Waals surface area contributed by atoms with Crippen molar-refractivity contribution in [1.82, 2.24) is 9.97 Å². The highest BCUT2D eigenvalue weighted by Crippen LogP contribution is 2.25. The van der Waals surface area contributed by atoms with Gasteiger partial charge in [-0.05, 0) is 54.8 Å². The molecular weight excluding hydrogens is 346 g/mol. The molecule has 0 aliphatic carbocycles. The van der Waals surface area contributed by atoms with E-state index in [1.807, 2.05) is 54.8 Å². The van der Waals surface area contributed by atoms with Crippen molar-refractivity contribution in [1.29, 1.82) is 0 Å². The van der Waals surface area contributed by atoms with Gasteiger partial charge in [-0.3, -0.25) is 4.79 Å². The summed E-state index contributed by atoms with van der Waals surface area (Å²) in [6, 6.07) is 18.6. The number of nitrogens with zero attached hydrogens (tertiary/aromatic N) is 2. The minimum atomic E-state index is -0.183. The summed E-state index contributed by atoms with van der Waals surface area (Å²) in [5, 5.41) is 3.60. The Morgan fingerprint density at radius 2 is 1.85 bits per heavy atom. The number of amides is 1. The summed E-state index contributed by atoms with van der Waals surface area (Å²) in [6.45, 7) is 0. The molecule has 0 unspecified atom stereocenters. The van der Waals surface area contributed by atoms with Crippen molar-refractivity contribution in [2.24, 2.45) is 0 Å². The summed E-state index contributed by atoms with van der Waals surface area (Å²) in [4.78, 5) is 21.2. The number of hydrogen-bond donors (Lipinski definition) is 1. The number of anilines is 1. The van der Waals surface area contributed by atoms with Crippen LogP contribution in [0.4, 0.5) is 5.69 Å².